The molecule has 7 nitrogen and oxygen atoms in total. The maximum Gasteiger partial charge on any atom is 0.446 e. The van der Waals surface area contributed by atoms with Gasteiger partial charge in [0.05, 0.1) is 6.54 Å². The van der Waals surface area contributed by atoms with Gasteiger partial charge in [0.1, 0.15) is 0 Å². The molecule has 0 aromatic carbocycles. The van der Waals surface area contributed by atoms with Gasteiger partial charge in [-0.25, -0.2) is 0 Å². The van der Waals surface area contributed by atoms with E-state index in [1.807, 2.05) is 12.1 Å². The van der Waals surface area contributed by atoms with Crippen LogP contribution in [0.3, 0.4) is 0 Å². The summed E-state index contributed by atoms with van der Waals surface area (Å²) in [5.41, 5.74) is 6.21. The molecule has 0 bridgehead atoms. The van der Waals surface area contributed by atoms with Gasteiger partial charge in [0.15, 0.2) is 0 Å². The van der Waals surface area contributed by atoms with Crippen LogP contribution < -0.4 is 5.73 Å². The Labute approximate surface area is 135 Å². The van der Waals surface area contributed by atoms with Crippen LogP contribution in [0.1, 0.15) is 5.89 Å². The molecule has 2 aromatic heterocycles. The largest absolute Gasteiger partial charge is 0.446 e. The van der Waals surface area contributed by atoms with E-state index in [1.54, 1.807) is 12.4 Å². The summed E-state index contributed by atoms with van der Waals surface area (Å²) in [6, 6.07) is 3.62. The summed E-state index contributed by atoms with van der Waals surface area (Å²) in [5, 5.41) is 3.76. The number of nitrogens with zero attached hydrogens (tertiary/aromatic N) is 3. The zero-order chi connectivity index (χ0) is 19.5. The Kier molecular flexibility index (Phi) is 8.98. The van der Waals surface area contributed by atoms with Crippen LogP contribution in [0.25, 0.3) is 11.4 Å². The first-order valence-corrected chi connectivity index (χ1v) is 6.01. The predicted octanol–water partition coefficient (Wildman–Crippen LogP) is 2.09. The smallest absolute Gasteiger partial charge is 0.338 e. The molecule has 0 aliphatic carbocycles. The Bertz CT molecular complexity index is 624. The van der Waals surface area contributed by atoms with Crippen molar-refractivity contribution in [3.63, 3.8) is 0 Å². The number of rotatable bonds is 2. The Morgan fingerprint density at radius 2 is 1.44 bits per heavy atom. The van der Waals surface area contributed by atoms with E-state index in [0.717, 1.165) is 5.56 Å². The quantitative estimate of drug-likeness (QED) is 0.634. The van der Waals surface area contributed by atoms with Crippen LogP contribution in [0.15, 0.2) is 29.0 Å². The van der Waals surface area contributed by atoms with E-state index >= 15 is 0 Å². The summed E-state index contributed by atoms with van der Waals surface area (Å²) in [4.78, 5) is 25.4. The highest BCUT2D eigenvalue weighted by atomic mass is 19.4. The van der Waals surface area contributed by atoms with Crippen LogP contribution in [-0.4, -0.2) is 40.0 Å². The van der Waals surface area contributed by atoms with Crippen molar-refractivity contribution in [3.05, 3.63) is 30.4 Å². The first-order valence-electron chi connectivity index (χ1n) is 6.01. The van der Waals surface area contributed by atoms with Gasteiger partial charge in [0.25, 0.3) is 0 Å². The minimum absolute atomic E-state index is 0.262. The predicted molar refractivity (Wildman–Crippen MR) is 69.7 cm³/mol. The summed E-state index contributed by atoms with van der Waals surface area (Å²) in [6.45, 7) is 0.262. The first kappa shape index (κ1) is 22.2. The number of nitrogens with two attached hydrogens (primary N) is 1. The van der Waals surface area contributed by atoms with Gasteiger partial charge in [0, 0.05) is 18.0 Å². The van der Waals surface area contributed by atoms with Crippen molar-refractivity contribution in [2.75, 3.05) is 0 Å². The van der Waals surface area contributed by atoms with E-state index in [-0.39, 0.29) is 6.54 Å². The Morgan fingerprint density at radius 1 is 1.00 bits per heavy atom. The molecule has 0 aliphatic heterocycles. The molecule has 0 radical (unpaired) electrons. The highest BCUT2D eigenvalue weighted by Gasteiger charge is 2.25. The van der Waals surface area contributed by atoms with Crippen molar-refractivity contribution in [2.24, 2.45) is 5.73 Å². The molecular formula is C12H10F6N4O3. The number of hydrogen-bond acceptors (Lipinski definition) is 7. The third-order valence-electron chi connectivity index (χ3n) is 1.85. The lowest BCUT2D eigenvalue weighted by Crippen LogP contribution is -2.07. The molecule has 0 fully saturated rings. The van der Waals surface area contributed by atoms with Crippen LogP contribution in [0, 0.1) is 0 Å². The minimum atomic E-state index is -4.64. The third kappa shape index (κ3) is 11.4. The molecule has 0 saturated heterocycles. The second-order valence-corrected chi connectivity index (χ2v) is 3.77. The fourth-order valence-electron chi connectivity index (χ4n) is 0.956. The number of halogens is 6. The van der Waals surface area contributed by atoms with Crippen molar-refractivity contribution < 1.29 is 40.5 Å². The highest BCUT2D eigenvalue weighted by Crippen LogP contribution is 2.13. The summed E-state index contributed by atoms with van der Waals surface area (Å²) in [7, 11) is 0. The van der Waals surface area contributed by atoms with E-state index in [4.69, 9.17) is 19.8 Å². The summed E-state index contributed by atoms with van der Waals surface area (Å²) in [5.74, 6) is 0.981. The van der Waals surface area contributed by atoms with Crippen LogP contribution in [0.4, 0.5) is 26.3 Å². The normalized spacial score (nSPS) is 10.7. The Hall–Kier alpha value is -2.83. The minimum Gasteiger partial charge on any atom is -0.338 e. The van der Waals surface area contributed by atoms with Gasteiger partial charge in [-0.3, -0.25) is 14.6 Å². The number of carbonyl (C=O) groups excluding carboxylic acids is 2. The lowest BCUT2D eigenvalue weighted by atomic mass is 10.2. The van der Waals surface area contributed by atoms with E-state index < -0.39 is 24.9 Å². The fourth-order valence-corrected chi connectivity index (χ4v) is 0.956. The monoisotopic (exact) mass is 372 g/mol. The van der Waals surface area contributed by atoms with Crippen LogP contribution in [-0.2, 0) is 16.1 Å². The molecular weight excluding hydrogens is 362 g/mol. The number of hydrogen-bond donors (Lipinski definition) is 1. The van der Waals surface area contributed by atoms with E-state index in [9.17, 15) is 26.3 Å². The molecule has 0 unspecified atom stereocenters. The van der Waals surface area contributed by atoms with Gasteiger partial charge >= 0.3 is 12.4 Å². The first-order chi connectivity index (χ1) is 11.5. The van der Waals surface area contributed by atoms with Crippen molar-refractivity contribution in [1.29, 1.82) is 0 Å². The van der Waals surface area contributed by atoms with Gasteiger partial charge in [0.2, 0.25) is 24.3 Å². The molecule has 25 heavy (non-hydrogen) atoms. The van der Waals surface area contributed by atoms with Crippen molar-refractivity contribution in [2.45, 2.75) is 18.9 Å². The fraction of sp³-hybridized carbons (Fsp3) is 0.250. The van der Waals surface area contributed by atoms with E-state index in [0.29, 0.717) is 11.7 Å². The molecule has 138 valence electrons. The van der Waals surface area contributed by atoms with Crippen LogP contribution in [0.2, 0.25) is 0 Å². The molecule has 2 heterocycles. The Morgan fingerprint density at radius 3 is 1.76 bits per heavy atom. The second kappa shape index (κ2) is 10.1. The maximum atomic E-state index is 10.4. The average molecular weight is 372 g/mol. The van der Waals surface area contributed by atoms with Crippen molar-refractivity contribution in [3.8, 4) is 11.4 Å². The third-order valence-corrected chi connectivity index (χ3v) is 1.85. The molecule has 2 rings (SSSR count). The standard InChI is InChI=1S/C8H8N4O.2C2HF3O/c9-5-7-11-8(12-13-7)6-1-3-10-4-2-6;2*3-2(4,5)1-6/h1-4H,5,9H2;2*1H. The Balaban J connectivity index is 0.000000406. The van der Waals surface area contributed by atoms with Crippen LogP contribution in [0.5, 0.6) is 0 Å². The maximum absolute atomic E-state index is 10.4. The highest BCUT2D eigenvalue weighted by molar-refractivity contribution is 5.57. The van der Waals surface area contributed by atoms with Gasteiger partial charge in [-0.2, -0.15) is 31.3 Å². The summed E-state index contributed by atoms with van der Waals surface area (Å²) < 4.78 is 67.4. The summed E-state index contributed by atoms with van der Waals surface area (Å²) in [6.07, 6.45) is -8.05. The molecule has 0 amide bonds. The van der Waals surface area contributed by atoms with Gasteiger partial charge < -0.3 is 10.3 Å². The lowest BCUT2D eigenvalue weighted by molar-refractivity contribution is -0.156. The molecule has 2 aromatic rings. The molecule has 2 N–H and O–H groups in total. The molecule has 0 atom stereocenters. The number of carbonyl (C=O) groups is 2. The van der Waals surface area contributed by atoms with Gasteiger partial charge in [-0.15, -0.1) is 0 Å². The zero-order valence-corrected chi connectivity index (χ0v) is 12.1. The molecule has 0 aliphatic rings. The van der Waals surface area contributed by atoms with Gasteiger partial charge in [-0.1, -0.05) is 5.16 Å². The summed E-state index contributed by atoms with van der Waals surface area (Å²) >= 11 is 0. The number of aromatic nitrogens is 3. The molecule has 0 saturated carbocycles. The van der Waals surface area contributed by atoms with Crippen molar-refractivity contribution in [1.82, 2.24) is 15.1 Å². The second-order valence-electron chi connectivity index (χ2n) is 3.77. The number of pyridine rings is 1. The van der Waals surface area contributed by atoms with Gasteiger partial charge in [-0.05, 0) is 12.1 Å². The van der Waals surface area contributed by atoms with E-state index in [1.165, 1.54) is 0 Å². The lowest BCUT2D eigenvalue weighted by Gasteiger charge is -1.89. The SMILES string of the molecule is NCc1nc(-c2ccncc2)no1.O=CC(F)(F)F.O=CC(F)(F)F. The number of aldehydes is 2. The van der Waals surface area contributed by atoms with E-state index in [2.05, 4.69) is 15.1 Å². The molecule has 13 heteroatoms. The van der Waals surface area contributed by atoms with Crippen LogP contribution >= 0.6 is 0 Å². The zero-order valence-electron chi connectivity index (χ0n) is 12.1. The average Bonchev–Trinajstić information content (AvgIpc) is 3.05. The molecule has 0 spiro atoms. The topological polar surface area (TPSA) is 112 Å². The number of alkyl halides is 6. The van der Waals surface area contributed by atoms with Crippen molar-refractivity contribution >= 4 is 12.6 Å².